The van der Waals surface area contributed by atoms with Crippen molar-refractivity contribution < 1.29 is 8.78 Å². The Morgan fingerprint density at radius 1 is 0.800 bits per heavy atom. The third-order valence-electron chi connectivity index (χ3n) is 7.84. The quantitative estimate of drug-likeness (QED) is 0.343. The van der Waals surface area contributed by atoms with Crippen molar-refractivity contribution in [3.8, 4) is 6.07 Å². The summed E-state index contributed by atoms with van der Waals surface area (Å²) in [5.41, 5.74) is 1.41. The maximum absolute atomic E-state index is 15.9. The van der Waals surface area contributed by atoms with Crippen LogP contribution >= 0.6 is 0 Å². The number of rotatable bonds is 10. The first-order valence-electron chi connectivity index (χ1n) is 13.5. The molecule has 2 aromatic rings. The normalized spacial score (nSPS) is 18.2. The monoisotopic (exact) mass is 480 g/mol. The smallest absolute Gasteiger partial charge is 0.136 e. The maximum Gasteiger partial charge on any atom is 0.136 e. The summed E-state index contributed by atoms with van der Waals surface area (Å²) in [6.07, 6.45) is 8.83. The molecule has 2 saturated carbocycles. The zero-order chi connectivity index (χ0) is 25.2. The minimum atomic E-state index is -1.27. The zero-order valence-electron chi connectivity index (χ0n) is 21.7. The first kappa shape index (κ1) is 27.3. The first-order chi connectivity index (χ1) is 17.0. The van der Waals surface area contributed by atoms with Crippen LogP contribution in [0.3, 0.4) is 0 Å². The number of alkyl halides is 2. The predicted molar refractivity (Wildman–Crippen MR) is 141 cm³/mol. The third-order valence-corrected chi connectivity index (χ3v) is 7.84. The average molecular weight is 481 g/mol. The Bertz CT molecular complexity index is 898. The molecule has 0 unspecified atom stereocenters. The second kappa shape index (κ2) is 13.2. The van der Waals surface area contributed by atoms with Crippen LogP contribution in [-0.4, -0.2) is 24.5 Å². The summed E-state index contributed by atoms with van der Waals surface area (Å²) in [5, 5.41) is 7.32. The lowest BCUT2D eigenvalue weighted by Gasteiger charge is -2.30. The number of benzene rings is 2. The minimum Gasteiger partial charge on any atom is -0.303 e. The van der Waals surface area contributed by atoms with Crippen LogP contribution in [0.5, 0.6) is 0 Å². The first-order valence-corrected chi connectivity index (χ1v) is 13.5. The second-order valence-electron chi connectivity index (χ2n) is 10.2. The van der Waals surface area contributed by atoms with E-state index in [2.05, 4.69) is 42.2 Å². The van der Waals surface area contributed by atoms with Gasteiger partial charge in [0.1, 0.15) is 11.3 Å². The van der Waals surface area contributed by atoms with Crippen LogP contribution in [0.1, 0.15) is 93.9 Å². The van der Waals surface area contributed by atoms with Crippen molar-refractivity contribution in [2.75, 3.05) is 19.6 Å². The van der Waals surface area contributed by atoms with E-state index < -0.39 is 11.3 Å². The molecule has 2 nitrogen and oxygen atoms in total. The van der Waals surface area contributed by atoms with Crippen LogP contribution < -0.4 is 0 Å². The van der Waals surface area contributed by atoms with Crippen molar-refractivity contribution in [1.29, 1.82) is 5.26 Å². The van der Waals surface area contributed by atoms with E-state index in [-0.39, 0.29) is 0 Å². The van der Waals surface area contributed by atoms with E-state index in [4.69, 9.17) is 5.26 Å². The highest BCUT2D eigenvalue weighted by Gasteiger charge is 2.42. The van der Waals surface area contributed by atoms with E-state index in [1.165, 1.54) is 12.5 Å². The van der Waals surface area contributed by atoms with Gasteiger partial charge >= 0.3 is 0 Å². The van der Waals surface area contributed by atoms with Crippen LogP contribution in [-0.2, 0) is 24.2 Å². The number of nitrogens with zero attached hydrogens (tertiary/aromatic N) is 2. The molecular formula is C31H42F2N2. The number of hydrogen-bond donors (Lipinski definition) is 0. The summed E-state index contributed by atoms with van der Waals surface area (Å²) in [5.74, 6) is 0. The molecule has 0 saturated heterocycles. The summed E-state index contributed by atoms with van der Waals surface area (Å²) in [4.78, 5) is 2.47. The van der Waals surface area contributed by atoms with Crippen molar-refractivity contribution >= 4 is 0 Å². The summed E-state index contributed by atoms with van der Waals surface area (Å²) in [6.45, 7) is 6.63. The van der Waals surface area contributed by atoms with Gasteiger partial charge in [0, 0.05) is 13.5 Å². The van der Waals surface area contributed by atoms with Gasteiger partial charge < -0.3 is 4.90 Å². The molecule has 0 heterocycles. The van der Waals surface area contributed by atoms with E-state index in [9.17, 15) is 0 Å². The van der Waals surface area contributed by atoms with Gasteiger partial charge in [-0.2, -0.15) is 5.26 Å². The Labute approximate surface area is 211 Å². The maximum atomic E-state index is 15.9. The van der Waals surface area contributed by atoms with Crippen molar-refractivity contribution in [2.24, 2.45) is 0 Å². The summed E-state index contributed by atoms with van der Waals surface area (Å²) in [7, 11) is 0. The molecule has 4 rings (SSSR count). The number of nitriles is 1. The Morgan fingerprint density at radius 2 is 1.31 bits per heavy atom. The molecule has 2 aromatic carbocycles. The molecule has 0 radical (unpaired) electrons. The minimum absolute atomic E-state index is 0.584. The second-order valence-corrected chi connectivity index (χ2v) is 10.2. The van der Waals surface area contributed by atoms with Crippen LogP contribution in [0.15, 0.2) is 48.5 Å². The molecule has 2 aliphatic rings. The molecule has 0 N–H and O–H groups in total. The van der Waals surface area contributed by atoms with Gasteiger partial charge in [-0.15, -0.1) is 0 Å². The fourth-order valence-electron chi connectivity index (χ4n) is 5.94. The van der Waals surface area contributed by atoms with Gasteiger partial charge in [0.05, 0.1) is 6.07 Å². The van der Waals surface area contributed by atoms with Crippen molar-refractivity contribution in [1.82, 2.24) is 4.90 Å². The van der Waals surface area contributed by atoms with Crippen LogP contribution in [0.25, 0.3) is 0 Å². The summed E-state index contributed by atoms with van der Waals surface area (Å²) in [6, 6.07) is 18.2. The van der Waals surface area contributed by atoms with E-state index in [0.29, 0.717) is 25.7 Å². The SMILES string of the molecule is CC#N.CCN(CCCc1c(C2(F)CCCC2)cccc1C1(F)CCCC1)CCc1ccccc1. The molecule has 0 bridgehead atoms. The van der Waals surface area contributed by atoms with Gasteiger partial charge in [-0.1, -0.05) is 55.5 Å². The molecule has 190 valence electrons. The van der Waals surface area contributed by atoms with Gasteiger partial charge in [-0.25, -0.2) is 8.78 Å². The summed E-state index contributed by atoms with van der Waals surface area (Å²) < 4.78 is 31.8. The average Bonchev–Trinajstić information content (AvgIpc) is 3.52. The van der Waals surface area contributed by atoms with Crippen LogP contribution in [0, 0.1) is 11.3 Å². The van der Waals surface area contributed by atoms with Crippen molar-refractivity contribution in [3.05, 3.63) is 70.8 Å². The van der Waals surface area contributed by atoms with E-state index in [1.54, 1.807) is 6.07 Å². The standard InChI is InChI=1S/C29H39F2N.C2H3N/c1-2-32(23-17-24-12-4-3-5-13-24)22-11-14-25-26(28(30)18-6-7-19-28)15-10-16-27(25)29(31)20-8-9-21-29;1-2-3/h3-5,10,12-13,15-16H,2,6-9,11,14,17-23H2,1H3;1H3. The van der Waals surface area contributed by atoms with E-state index in [0.717, 1.165) is 81.3 Å². The van der Waals surface area contributed by atoms with Gasteiger partial charge in [-0.05, 0) is 106 Å². The van der Waals surface area contributed by atoms with Crippen molar-refractivity contribution in [2.45, 2.75) is 95.8 Å². The number of halogens is 2. The molecule has 2 fully saturated rings. The highest BCUT2D eigenvalue weighted by atomic mass is 19.1. The lowest BCUT2D eigenvalue weighted by molar-refractivity contribution is 0.162. The highest BCUT2D eigenvalue weighted by Crippen LogP contribution is 2.49. The molecule has 0 aliphatic heterocycles. The largest absolute Gasteiger partial charge is 0.303 e. The van der Waals surface area contributed by atoms with Crippen molar-refractivity contribution in [3.63, 3.8) is 0 Å². The molecule has 2 aliphatic carbocycles. The molecule has 35 heavy (non-hydrogen) atoms. The lowest BCUT2D eigenvalue weighted by Crippen LogP contribution is -2.28. The Kier molecular flexibility index (Phi) is 10.3. The van der Waals surface area contributed by atoms with Crippen LogP contribution in [0.4, 0.5) is 8.78 Å². The Balaban J connectivity index is 0.00000108. The van der Waals surface area contributed by atoms with Crippen LogP contribution in [0.2, 0.25) is 0 Å². The third kappa shape index (κ3) is 7.14. The highest BCUT2D eigenvalue weighted by molar-refractivity contribution is 5.43. The molecule has 0 atom stereocenters. The van der Waals surface area contributed by atoms with Gasteiger partial charge in [0.15, 0.2) is 0 Å². The van der Waals surface area contributed by atoms with E-state index >= 15 is 8.78 Å². The zero-order valence-corrected chi connectivity index (χ0v) is 21.7. The van der Waals surface area contributed by atoms with Gasteiger partial charge in [0.25, 0.3) is 0 Å². The van der Waals surface area contributed by atoms with Gasteiger partial charge in [-0.3, -0.25) is 0 Å². The number of likely N-dealkylation sites (N-methyl/N-ethyl adjacent to an activating group) is 1. The Hall–Kier alpha value is -2.25. The number of hydrogen-bond acceptors (Lipinski definition) is 2. The topological polar surface area (TPSA) is 27.0 Å². The molecular weight excluding hydrogens is 438 g/mol. The Morgan fingerprint density at radius 3 is 1.80 bits per heavy atom. The molecule has 0 aromatic heterocycles. The summed E-state index contributed by atoms with van der Waals surface area (Å²) >= 11 is 0. The fourth-order valence-corrected chi connectivity index (χ4v) is 5.94. The fraction of sp³-hybridized carbons (Fsp3) is 0.581. The molecule has 4 heteroatoms. The lowest BCUT2D eigenvalue weighted by atomic mass is 9.80. The molecule has 0 amide bonds. The van der Waals surface area contributed by atoms with Gasteiger partial charge in [0.2, 0.25) is 0 Å². The molecule has 0 spiro atoms. The van der Waals surface area contributed by atoms with E-state index in [1.807, 2.05) is 18.2 Å². The predicted octanol–water partition coefficient (Wildman–Crippen LogP) is 8.19.